The summed E-state index contributed by atoms with van der Waals surface area (Å²) in [6.07, 6.45) is 0.604. The van der Waals surface area contributed by atoms with Crippen molar-refractivity contribution in [2.24, 2.45) is 5.10 Å². The van der Waals surface area contributed by atoms with Crippen LogP contribution in [0, 0.1) is 0 Å². The Bertz CT molecular complexity index is 864. The van der Waals surface area contributed by atoms with Crippen LogP contribution in [0.5, 0.6) is 5.75 Å². The minimum atomic E-state index is -0.209. The number of methoxy groups -OCH3 is 1. The third-order valence-electron chi connectivity index (χ3n) is 4.66. The van der Waals surface area contributed by atoms with Gasteiger partial charge in [-0.15, -0.1) is 0 Å². The molecule has 27 heavy (non-hydrogen) atoms. The molecule has 1 aliphatic heterocycles. The van der Waals surface area contributed by atoms with Crippen LogP contribution in [0.1, 0.15) is 30.5 Å². The fourth-order valence-electron chi connectivity index (χ4n) is 3.04. The third kappa shape index (κ3) is 4.16. The topological polar surface area (TPSA) is 62.2 Å². The number of carbonyl (C=O) groups is 2. The molecule has 0 spiro atoms. The van der Waals surface area contributed by atoms with Gasteiger partial charge in [-0.25, -0.2) is 5.01 Å². The lowest BCUT2D eigenvalue weighted by molar-refractivity contribution is -0.139. The predicted octanol–water partition coefficient (Wildman–Crippen LogP) is 2.85. The summed E-state index contributed by atoms with van der Waals surface area (Å²) in [7, 11) is 3.23. The quantitative estimate of drug-likeness (QED) is 0.818. The maximum absolute atomic E-state index is 12.8. The molecule has 3 rings (SSSR count). The van der Waals surface area contributed by atoms with Crippen molar-refractivity contribution >= 4 is 17.5 Å². The number of benzene rings is 2. The van der Waals surface area contributed by atoms with Crippen LogP contribution in [0.15, 0.2) is 59.7 Å². The highest BCUT2D eigenvalue weighted by Crippen LogP contribution is 2.33. The van der Waals surface area contributed by atoms with Gasteiger partial charge in [-0.2, -0.15) is 5.10 Å². The van der Waals surface area contributed by atoms with Gasteiger partial charge in [-0.05, 0) is 17.7 Å². The molecule has 0 N–H and O–H groups in total. The fourth-order valence-corrected chi connectivity index (χ4v) is 3.04. The normalized spacial score (nSPS) is 16.0. The molecule has 0 aliphatic carbocycles. The summed E-state index contributed by atoms with van der Waals surface area (Å²) in [5, 5.41) is 6.11. The Kier molecular flexibility index (Phi) is 5.54. The van der Waals surface area contributed by atoms with Gasteiger partial charge in [0, 0.05) is 26.0 Å². The summed E-state index contributed by atoms with van der Waals surface area (Å²) >= 11 is 0. The van der Waals surface area contributed by atoms with Crippen LogP contribution in [0.25, 0.3) is 0 Å². The van der Waals surface area contributed by atoms with Crippen molar-refractivity contribution in [2.45, 2.75) is 19.4 Å². The molecule has 1 aliphatic rings. The molecule has 6 nitrogen and oxygen atoms in total. The zero-order valence-corrected chi connectivity index (χ0v) is 15.8. The Hall–Kier alpha value is -3.15. The molecule has 0 saturated carbocycles. The molecule has 0 fully saturated rings. The lowest BCUT2D eigenvalue weighted by Crippen LogP contribution is -2.38. The van der Waals surface area contributed by atoms with Crippen LogP contribution < -0.4 is 4.74 Å². The van der Waals surface area contributed by atoms with E-state index in [1.54, 1.807) is 14.2 Å². The average Bonchev–Trinajstić information content (AvgIpc) is 3.14. The first kappa shape index (κ1) is 18.6. The maximum atomic E-state index is 12.8. The minimum absolute atomic E-state index is 0.00639. The van der Waals surface area contributed by atoms with E-state index < -0.39 is 0 Å². The average molecular weight is 365 g/mol. The Labute approximate surface area is 159 Å². The maximum Gasteiger partial charge on any atom is 0.262 e. The molecule has 2 aromatic rings. The standard InChI is InChI=1S/C21H23N3O3/c1-15(25)23(2)14-21(26)24-20(16-8-5-4-6-9-16)13-19(22-24)17-10-7-11-18(12-17)27-3/h4-12,20H,13-14H2,1-3H3/t20-/m1/s1. The first-order chi connectivity index (χ1) is 13.0. The summed E-state index contributed by atoms with van der Waals surface area (Å²) in [5.74, 6) is 0.378. The monoisotopic (exact) mass is 365 g/mol. The molecule has 2 amide bonds. The van der Waals surface area contributed by atoms with Gasteiger partial charge in [0.05, 0.1) is 18.9 Å². The van der Waals surface area contributed by atoms with Gasteiger partial charge in [0.2, 0.25) is 5.91 Å². The van der Waals surface area contributed by atoms with Gasteiger partial charge >= 0.3 is 0 Å². The summed E-state index contributed by atoms with van der Waals surface area (Å²) in [6.45, 7) is 1.43. The predicted molar refractivity (Wildman–Crippen MR) is 103 cm³/mol. The number of nitrogens with zero attached hydrogens (tertiary/aromatic N) is 3. The van der Waals surface area contributed by atoms with Crippen LogP contribution >= 0.6 is 0 Å². The van der Waals surface area contributed by atoms with Gasteiger partial charge in [0.15, 0.2) is 0 Å². The van der Waals surface area contributed by atoms with Crippen LogP contribution in [0.2, 0.25) is 0 Å². The van der Waals surface area contributed by atoms with Gasteiger partial charge < -0.3 is 9.64 Å². The van der Waals surface area contributed by atoms with Gasteiger partial charge in [0.25, 0.3) is 5.91 Å². The molecule has 2 aromatic carbocycles. The van der Waals surface area contributed by atoms with Crippen LogP contribution in [-0.4, -0.2) is 48.1 Å². The molecular formula is C21H23N3O3. The van der Waals surface area contributed by atoms with E-state index in [4.69, 9.17) is 4.74 Å². The second-order valence-electron chi connectivity index (χ2n) is 6.52. The highest BCUT2D eigenvalue weighted by Gasteiger charge is 2.33. The van der Waals surface area contributed by atoms with Crippen molar-refractivity contribution < 1.29 is 14.3 Å². The summed E-state index contributed by atoms with van der Waals surface area (Å²) in [6, 6.07) is 17.3. The molecule has 6 heteroatoms. The number of ether oxygens (including phenoxy) is 1. The molecular weight excluding hydrogens is 342 g/mol. The first-order valence-corrected chi connectivity index (χ1v) is 8.80. The summed E-state index contributed by atoms with van der Waals surface area (Å²) in [5.41, 5.74) is 2.75. The number of amides is 2. The second-order valence-corrected chi connectivity index (χ2v) is 6.52. The van der Waals surface area contributed by atoms with E-state index in [9.17, 15) is 9.59 Å². The van der Waals surface area contributed by atoms with E-state index in [-0.39, 0.29) is 24.4 Å². The lowest BCUT2D eigenvalue weighted by Gasteiger charge is -2.24. The van der Waals surface area contributed by atoms with E-state index >= 15 is 0 Å². The number of likely N-dealkylation sites (N-methyl/N-ethyl adjacent to an activating group) is 1. The van der Waals surface area contributed by atoms with Crippen LogP contribution in [-0.2, 0) is 9.59 Å². The zero-order chi connectivity index (χ0) is 19.4. The molecule has 0 aromatic heterocycles. The van der Waals surface area contributed by atoms with E-state index in [0.29, 0.717) is 6.42 Å². The highest BCUT2D eigenvalue weighted by atomic mass is 16.5. The Morgan fingerprint density at radius 3 is 2.59 bits per heavy atom. The third-order valence-corrected chi connectivity index (χ3v) is 4.66. The molecule has 0 unspecified atom stereocenters. The van der Waals surface area contributed by atoms with Gasteiger partial charge in [-0.1, -0.05) is 42.5 Å². The number of hydrogen-bond donors (Lipinski definition) is 0. The zero-order valence-electron chi connectivity index (χ0n) is 15.8. The number of hydrazone groups is 1. The molecule has 140 valence electrons. The van der Waals surface area contributed by atoms with Gasteiger partial charge in [-0.3, -0.25) is 9.59 Å². The molecule has 0 bridgehead atoms. The van der Waals surface area contributed by atoms with Crippen molar-refractivity contribution in [3.63, 3.8) is 0 Å². The van der Waals surface area contributed by atoms with E-state index in [1.165, 1.54) is 16.8 Å². The number of carbonyl (C=O) groups excluding carboxylic acids is 2. The Morgan fingerprint density at radius 1 is 1.19 bits per heavy atom. The second kappa shape index (κ2) is 8.03. The van der Waals surface area contributed by atoms with E-state index in [0.717, 1.165) is 22.6 Å². The summed E-state index contributed by atoms with van der Waals surface area (Å²) < 4.78 is 5.30. The van der Waals surface area contributed by atoms with Crippen LogP contribution in [0.4, 0.5) is 0 Å². The van der Waals surface area contributed by atoms with Gasteiger partial charge in [0.1, 0.15) is 12.3 Å². The fraction of sp³-hybridized carbons (Fsp3) is 0.286. The van der Waals surface area contributed by atoms with E-state index in [2.05, 4.69) is 5.10 Å². The van der Waals surface area contributed by atoms with Crippen molar-refractivity contribution in [3.05, 3.63) is 65.7 Å². The molecule has 1 heterocycles. The summed E-state index contributed by atoms with van der Waals surface area (Å²) in [4.78, 5) is 25.7. The van der Waals surface area contributed by atoms with Crippen molar-refractivity contribution in [1.82, 2.24) is 9.91 Å². The number of rotatable bonds is 5. The Morgan fingerprint density at radius 2 is 1.93 bits per heavy atom. The van der Waals surface area contributed by atoms with E-state index in [1.807, 2.05) is 54.6 Å². The molecule has 0 saturated heterocycles. The Balaban J connectivity index is 1.92. The lowest BCUT2D eigenvalue weighted by atomic mass is 9.98. The van der Waals surface area contributed by atoms with Crippen LogP contribution in [0.3, 0.4) is 0 Å². The molecule has 1 atom stereocenters. The SMILES string of the molecule is COc1cccc(C2=NN(C(=O)CN(C)C(C)=O)[C@@H](c3ccccc3)C2)c1. The number of hydrogen-bond acceptors (Lipinski definition) is 4. The molecule has 0 radical (unpaired) electrons. The highest BCUT2D eigenvalue weighted by molar-refractivity contribution is 6.03. The van der Waals surface area contributed by atoms with Crippen molar-refractivity contribution in [1.29, 1.82) is 0 Å². The van der Waals surface area contributed by atoms with Crippen molar-refractivity contribution in [3.8, 4) is 5.75 Å². The minimum Gasteiger partial charge on any atom is -0.497 e. The first-order valence-electron chi connectivity index (χ1n) is 8.80. The smallest absolute Gasteiger partial charge is 0.262 e. The largest absolute Gasteiger partial charge is 0.497 e. The van der Waals surface area contributed by atoms with Crippen molar-refractivity contribution in [2.75, 3.05) is 20.7 Å².